The first-order valence-electron chi connectivity index (χ1n) is 6.17. The third-order valence-corrected chi connectivity index (χ3v) is 3.36. The van der Waals surface area contributed by atoms with E-state index in [2.05, 4.69) is 12.1 Å². The first kappa shape index (κ1) is 11.9. The lowest BCUT2D eigenvalue weighted by Gasteiger charge is -2.21. The van der Waals surface area contributed by atoms with Gasteiger partial charge < -0.3 is 10.5 Å². The van der Waals surface area contributed by atoms with Crippen LogP contribution in [0.25, 0.3) is 0 Å². The van der Waals surface area contributed by atoms with Gasteiger partial charge >= 0.3 is 0 Å². The maximum atomic E-state index is 9.04. The van der Waals surface area contributed by atoms with Crippen molar-refractivity contribution in [1.82, 2.24) is 0 Å². The zero-order valence-electron chi connectivity index (χ0n) is 10.1. The summed E-state index contributed by atoms with van der Waals surface area (Å²) in [5, 5.41) is 9.04. The first-order chi connectivity index (χ1) is 8.26. The fourth-order valence-electron chi connectivity index (χ4n) is 2.25. The van der Waals surface area contributed by atoms with Crippen LogP contribution in [-0.4, -0.2) is 6.61 Å². The number of aryl methyl sites for hydroxylation is 1. The third kappa shape index (κ3) is 2.42. The molecule has 3 heteroatoms. The maximum Gasteiger partial charge on any atom is 0.122 e. The van der Waals surface area contributed by atoms with Gasteiger partial charge in [0.2, 0.25) is 0 Å². The zero-order chi connectivity index (χ0) is 12.3. The van der Waals surface area contributed by atoms with E-state index in [1.807, 2.05) is 19.1 Å². The van der Waals surface area contributed by atoms with Crippen LogP contribution in [0.2, 0.25) is 0 Å². The van der Waals surface area contributed by atoms with Crippen LogP contribution in [0.4, 0.5) is 0 Å². The minimum atomic E-state index is -0.197. The molecule has 0 radical (unpaired) electrons. The van der Waals surface area contributed by atoms with Gasteiger partial charge in [-0.25, -0.2) is 0 Å². The van der Waals surface area contributed by atoms with Gasteiger partial charge in [0.05, 0.1) is 18.6 Å². The van der Waals surface area contributed by atoms with E-state index in [0.717, 1.165) is 37.2 Å². The van der Waals surface area contributed by atoms with E-state index in [1.165, 1.54) is 5.56 Å². The molecule has 17 heavy (non-hydrogen) atoms. The molecule has 2 atom stereocenters. The fourth-order valence-corrected chi connectivity index (χ4v) is 2.25. The number of hydrogen-bond acceptors (Lipinski definition) is 3. The average Bonchev–Trinajstić information content (AvgIpc) is 2.39. The Morgan fingerprint density at radius 3 is 3.06 bits per heavy atom. The molecule has 2 rings (SSSR count). The number of nitrogens with zero attached hydrogens (tertiary/aromatic N) is 1. The van der Waals surface area contributed by atoms with Crippen LogP contribution in [-0.2, 0) is 6.42 Å². The quantitative estimate of drug-likeness (QED) is 0.868. The zero-order valence-corrected chi connectivity index (χ0v) is 10.1. The minimum absolute atomic E-state index is 0.113. The Hall–Kier alpha value is -1.53. The molecule has 0 saturated heterocycles. The predicted octanol–water partition coefficient (Wildman–Crippen LogP) is 2.56. The molecule has 0 spiro atoms. The highest BCUT2D eigenvalue weighted by Gasteiger charge is 2.19. The van der Waals surface area contributed by atoms with Gasteiger partial charge in [0.1, 0.15) is 5.75 Å². The lowest BCUT2D eigenvalue weighted by molar-refractivity contribution is 0.288. The highest BCUT2D eigenvalue weighted by Crippen LogP contribution is 2.29. The Morgan fingerprint density at radius 2 is 2.35 bits per heavy atom. The molecule has 0 amide bonds. The van der Waals surface area contributed by atoms with Crippen LogP contribution < -0.4 is 10.5 Å². The standard InChI is InChI=1S/C14H18N2O/c1-2-10(9-15)14(16)12-5-6-13-11(8-12)4-3-7-17-13/h5-6,8,10,14H,2-4,7,16H2,1H3. The van der Waals surface area contributed by atoms with Gasteiger partial charge in [-0.2, -0.15) is 5.26 Å². The van der Waals surface area contributed by atoms with Crippen LogP contribution in [0.3, 0.4) is 0 Å². The minimum Gasteiger partial charge on any atom is -0.493 e. The van der Waals surface area contributed by atoms with Crippen molar-refractivity contribution in [2.45, 2.75) is 32.2 Å². The fraction of sp³-hybridized carbons (Fsp3) is 0.500. The Kier molecular flexibility index (Phi) is 3.65. The average molecular weight is 230 g/mol. The van der Waals surface area contributed by atoms with E-state index in [0.29, 0.717) is 0 Å². The summed E-state index contributed by atoms with van der Waals surface area (Å²) in [5.41, 5.74) is 8.39. The van der Waals surface area contributed by atoms with Crippen LogP contribution >= 0.6 is 0 Å². The highest BCUT2D eigenvalue weighted by atomic mass is 16.5. The van der Waals surface area contributed by atoms with Gasteiger partial charge in [-0.05, 0) is 36.5 Å². The van der Waals surface area contributed by atoms with Crippen LogP contribution in [0.15, 0.2) is 18.2 Å². The molecule has 0 saturated carbocycles. The molecule has 0 aromatic heterocycles. The monoisotopic (exact) mass is 230 g/mol. The summed E-state index contributed by atoms with van der Waals surface area (Å²) in [6, 6.07) is 8.13. The van der Waals surface area contributed by atoms with Crippen molar-refractivity contribution in [3.8, 4) is 11.8 Å². The maximum absolute atomic E-state index is 9.04. The second kappa shape index (κ2) is 5.20. The van der Waals surface area contributed by atoms with Crippen LogP contribution in [0, 0.1) is 17.2 Å². The topological polar surface area (TPSA) is 59.0 Å². The second-order valence-electron chi connectivity index (χ2n) is 4.49. The summed E-state index contributed by atoms with van der Waals surface area (Å²) < 4.78 is 5.57. The number of ether oxygens (including phenoxy) is 1. The van der Waals surface area contributed by atoms with Crippen LogP contribution in [0.5, 0.6) is 5.75 Å². The lowest BCUT2D eigenvalue weighted by Crippen LogP contribution is -2.20. The van der Waals surface area contributed by atoms with E-state index in [9.17, 15) is 0 Å². The predicted molar refractivity (Wildman–Crippen MR) is 66.6 cm³/mol. The summed E-state index contributed by atoms with van der Waals surface area (Å²) in [6.07, 6.45) is 2.88. The van der Waals surface area contributed by atoms with Crippen molar-refractivity contribution in [3.63, 3.8) is 0 Å². The van der Waals surface area contributed by atoms with Crippen molar-refractivity contribution in [2.75, 3.05) is 6.61 Å². The Bertz CT molecular complexity index is 436. The summed E-state index contributed by atoms with van der Waals surface area (Å²) in [4.78, 5) is 0. The van der Waals surface area contributed by atoms with Crippen molar-refractivity contribution in [3.05, 3.63) is 29.3 Å². The molecular weight excluding hydrogens is 212 g/mol. The largest absolute Gasteiger partial charge is 0.493 e. The van der Waals surface area contributed by atoms with E-state index in [1.54, 1.807) is 0 Å². The third-order valence-electron chi connectivity index (χ3n) is 3.36. The van der Waals surface area contributed by atoms with Crippen molar-refractivity contribution in [2.24, 2.45) is 11.7 Å². The van der Waals surface area contributed by atoms with Gasteiger partial charge in [-0.3, -0.25) is 0 Å². The van der Waals surface area contributed by atoms with Crippen molar-refractivity contribution >= 4 is 0 Å². The van der Waals surface area contributed by atoms with E-state index < -0.39 is 0 Å². The lowest BCUT2D eigenvalue weighted by atomic mass is 9.91. The number of benzene rings is 1. The summed E-state index contributed by atoms with van der Waals surface area (Å²) in [6.45, 7) is 2.80. The second-order valence-corrected chi connectivity index (χ2v) is 4.49. The van der Waals surface area contributed by atoms with Crippen LogP contribution in [0.1, 0.15) is 36.9 Å². The summed E-state index contributed by atoms with van der Waals surface area (Å²) >= 11 is 0. The Labute approximate surface area is 102 Å². The van der Waals surface area contributed by atoms with E-state index in [-0.39, 0.29) is 12.0 Å². The molecule has 2 unspecified atom stereocenters. The van der Waals surface area contributed by atoms with Crippen molar-refractivity contribution in [1.29, 1.82) is 5.26 Å². The molecule has 1 aliphatic heterocycles. The summed E-state index contributed by atoms with van der Waals surface area (Å²) in [5.74, 6) is 0.856. The van der Waals surface area contributed by atoms with Gasteiger partial charge in [0.25, 0.3) is 0 Å². The normalized spacial score (nSPS) is 17.5. The molecule has 1 aliphatic rings. The van der Waals surface area contributed by atoms with Gasteiger partial charge in [0.15, 0.2) is 0 Å². The molecule has 0 aliphatic carbocycles. The summed E-state index contributed by atoms with van der Waals surface area (Å²) in [7, 11) is 0. The van der Waals surface area contributed by atoms with Gasteiger partial charge in [-0.15, -0.1) is 0 Å². The molecule has 1 aromatic rings. The van der Waals surface area contributed by atoms with E-state index in [4.69, 9.17) is 15.7 Å². The molecule has 1 aromatic carbocycles. The molecule has 0 bridgehead atoms. The van der Waals surface area contributed by atoms with Gasteiger partial charge in [0, 0.05) is 6.04 Å². The molecule has 1 heterocycles. The SMILES string of the molecule is CCC(C#N)C(N)c1ccc2c(c1)CCCO2. The Morgan fingerprint density at radius 1 is 1.53 bits per heavy atom. The molecule has 0 fully saturated rings. The first-order valence-corrected chi connectivity index (χ1v) is 6.17. The van der Waals surface area contributed by atoms with E-state index >= 15 is 0 Å². The number of hydrogen-bond donors (Lipinski definition) is 1. The molecule has 90 valence electrons. The highest BCUT2D eigenvalue weighted by molar-refractivity contribution is 5.40. The molecular formula is C14H18N2O. The smallest absolute Gasteiger partial charge is 0.122 e. The molecule has 2 N–H and O–H groups in total. The van der Waals surface area contributed by atoms with Gasteiger partial charge in [-0.1, -0.05) is 19.1 Å². The number of nitriles is 1. The number of fused-ring (bicyclic) bond motifs is 1. The van der Waals surface area contributed by atoms with Crippen molar-refractivity contribution < 1.29 is 4.74 Å². The molecule has 3 nitrogen and oxygen atoms in total. The Balaban J connectivity index is 2.25. The number of nitrogens with two attached hydrogens (primary N) is 1. The number of rotatable bonds is 3.